The Morgan fingerprint density at radius 1 is 1.54 bits per heavy atom. The summed E-state index contributed by atoms with van der Waals surface area (Å²) in [6.07, 6.45) is 2.36. The van der Waals surface area contributed by atoms with Crippen molar-refractivity contribution in [1.82, 2.24) is 9.97 Å². The molecule has 0 aliphatic carbocycles. The minimum atomic E-state index is -0.483. The number of nitrogens with one attached hydrogen (secondary N) is 1. The van der Waals surface area contributed by atoms with Gasteiger partial charge in [0.25, 0.3) is 0 Å². The van der Waals surface area contributed by atoms with Crippen molar-refractivity contribution in [3.8, 4) is 0 Å². The Morgan fingerprint density at radius 3 is 3.15 bits per heavy atom. The third-order valence-electron chi connectivity index (χ3n) is 1.92. The zero-order chi connectivity index (χ0) is 9.10. The molecule has 2 heterocycles. The van der Waals surface area contributed by atoms with E-state index in [4.69, 9.17) is 0 Å². The summed E-state index contributed by atoms with van der Waals surface area (Å²) in [4.78, 5) is 7.32. The van der Waals surface area contributed by atoms with Crippen LogP contribution in [0.2, 0.25) is 0 Å². The van der Waals surface area contributed by atoms with E-state index in [1.54, 1.807) is 0 Å². The molecule has 1 aliphatic rings. The molecule has 1 aromatic heterocycles. The second-order valence-corrected chi connectivity index (χ2v) is 4.08. The predicted molar refractivity (Wildman–Crippen MR) is 51.3 cm³/mol. The number of hydrogen-bond acceptors (Lipinski definition) is 4. The summed E-state index contributed by atoms with van der Waals surface area (Å²) in [5.74, 6) is 2.35. The Bertz CT molecular complexity index is 288. The van der Waals surface area contributed by atoms with E-state index >= 15 is 0 Å². The second-order valence-electron chi connectivity index (χ2n) is 2.93. The highest BCUT2D eigenvalue weighted by molar-refractivity contribution is 7.99. The van der Waals surface area contributed by atoms with Crippen LogP contribution < -0.4 is 5.32 Å². The average molecular weight is 199 g/mol. The molecule has 13 heavy (non-hydrogen) atoms. The van der Waals surface area contributed by atoms with Gasteiger partial charge in [0.15, 0.2) is 0 Å². The molecular weight excluding hydrogens is 189 g/mol. The van der Waals surface area contributed by atoms with Crippen molar-refractivity contribution in [2.24, 2.45) is 0 Å². The summed E-state index contributed by atoms with van der Waals surface area (Å²) >= 11 is 1.91. The Kier molecular flexibility index (Phi) is 2.63. The van der Waals surface area contributed by atoms with E-state index in [1.807, 2.05) is 11.8 Å². The van der Waals surface area contributed by atoms with Crippen molar-refractivity contribution in [3.63, 3.8) is 0 Å². The van der Waals surface area contributed by atoms with Crippen LogP contribution in [0.5, 0.6) is 0 Å². The summed E-state index contributed by atoms with van der Waals surface area (Å²) in [5.41, 5.74) is 0. The van der Waals surface area contributed by atoms with E-state index in [1.165, 1.54) is 18.1 Å². The predicted octanol–water partition coefficient (Wildman–Crippen LogP) is 1.53. The first kappa shape index (κ1) is 8.74. The number of halogens is 1. The topological polar surface area (TPSA) is 37.8 Å². The monoisotopic (exact) mass is 199 g/mol. The SMILES string of the molecule is Fc1cc(NC2CCSC2)ncn1. The van der Waals surface area contributed by atoms with Gasteiger partial charge in [0.1, 0.15) is 12.1 Å². The molecule has 2 rings (SSSR count). The van der Waals surface area contributed by atoms with Gasteiger partial charge in [-0.2, -0.15) is 16.2 Å². The standard InChI is InChI=1S/C8H10FN3S/c9-7-3-8(11-5-10-7)12-6-1-2-13-4-6/h3,5-6H,1-2,4H2,(H,10,11,12). The molecule has 3 nitrogen and oxygen atoms in total. The minimum Gasteiger partial charge on any atom is -0.366 e. The molecule has 0 amide bonds. The van der Waals surface area contributed by atoms with Crippen molar-refractivity contribution in [2.75, 3.05) is 16.8 Å². The molecule has 1 N–H and O–H groups in total. The molecule has 1 fully saturated rings. The highest BCUT2D eigenvalue weighted by Gasteiger charge is 2.15. The first-order chi connectivity index (χ1) is 6.34. The molecule has 1 aliphatic heterocycles. The van der Waals surface area contributed by atoms with Crippen molar-refractivity contribution >= 4 is 17.6 Å². The van der Waals surface area contributed by atoms with Crippen LogP contribution >= 0.6 is 11.8 Å². The highest BCUT2D eigenvalue weighted by Crippen LogP contribution is 2.20. The van der Waals surface area contributed by atoms with Crippen LogP contribution in [0.4, 0.5) is 10.2 Å². The molecule has 0 radical (unpaired) electrons. The maximum atomic E-state index is 12.6. The summed E-state index contributed by atoms with van der Waals surface area (Å²) in [7, 11) is 0. The Balaban J connectivity index is 2.00. The molecule has 1 saturated heterocycles. The molecule has 0 spiro atoms. The van der Waals surface area contributed by atoms with E-state index in [0.29, 0.717) is 11.9 Å². The smallest absolute Gasteiger partial charge is 0.217 e. The maximum absolute atomic E-state index is 12.6. The van der Waals surface area contributed by atoms with Gasteiger partial charge in [-0.05, 0) is 12.2 Å². The van der Waals surface area contributed by atoms with Gasteiger partial charge in [0.05, 0.1) is 0 Å². The van der Waals surface area contributed by atoms with E-state index in [-0.39, 0.29) is 0 Å². The molecule has 0 bridgehead atoms. The van der Waals surface area contributed by atoms with Gasteiger partial charge >= 0.3 is 0 Å². The number of anilines is 1. The fourth-order valence-corrected chi connectivity index (χ4v) is 2.42. The lowest BCUT2D eigenvalue weighted by Crippen LogP contribution is -2.19. The summed E-state index contributed by atoms with van der Waals surface area (Å²) in [6.45, 7) is 0. The van der Waals surface area contributed by atoms with E-state index in [9.17, 15) is 4.39 Å². The van der Waals surface area contributed by atoms with Gasteiger partial charge in [0.2, 0.25) is 5.95 Å². The van der Waals surface area contributed by atoms with Crippen molar-refractivity contribution < 1.29 is 4.39 Å². The van der Waals surface area contributed by atoms with Gasteiger partial charge < -0.3 is 5.32 Å². The van der Waals surface area contributed by atoms with Crippen LogP contribution in [-0.4, -0.2) is 27.5 Å². The average Bonchev–Trinajstić information content (AvgIpc) is 2.57. The van der Waals surface area contributed by atoms with Crippen LogP contribution in [0.3, 0.4) is 0 Å². The quantitative estimate of drug-likeness (QED) is 0.733. The van der Waals surface area contributed by atoms with Crippen LogP contribution in [-0.2, 0) is 0 Å². The number of rotatable bonds is 2. The Morgan fingerprint density at radius 2 is 2.46 bits per heavy atom. The summed E-state index contributed by atoms with van der Waals surface area (Å²) in [6, 6.07) is 1.75. The lowest BCUT2D eigenvalue weighted by atomic mass is 10.2. The first-order valence-corrected chi connectivity index (χ1v) is 5.32. The Hall–Kier alpha value is -0.840. The normalized spacial score (nSPS) is 21.8. The summed E-state index contributed by atoms with van der Waals surface area (Å²) in [5, 5.41) is 3.17. The summed E-state index contributed by atoms with van der Waals surface area (Å²) < 4.78 is 12.6. The van der Waals surface area contributed by atoms with Crippen molar-refractivity contribution in [2.45, 2.75) is 12.5 Å². The fraction of sp³-hybridized carbons (Fsp3) is 0.500. The van der Waals surface area contributed by atoms with Crippen LogP contribution in [0.25, 0.3) is 0 Å². The van der Waals surface area contributed by atoms with Crippen LogP contribution in [0.15, 0.2) is 12.4 Å². The maximum Gasteiger partial charge on any atom is 0.217 e. The van der Waals surface area contributed by atoms with Crippen molar-refractivity contribution in [3.05, 3.63) is 18.3 Å². The molecule has 1 aromatic rings. The van der Waals surface area contributed by atoms with Crippen molar-refractivity contribution in [1.29, 1.82) is 0 Å². The lowest BCUT2D eigenvalue weighted by molar-refractivity contribution is 0.579. The van der Waals surface area contributed by atoms with Crippen LogP contribution in [0, 0.1) is 5.95 Å². The largest absolute Gasteiger partial charge is 0.366 e. The number of hydrogen-bond donors (Lipinski definition) is 1. The van der Waals surface area contributed by atoms with Gasteiger partial charge in [-0.25, -0.2) is 9.97 Å². The molecular formula is C8H10FN3S. The van der Waals surface area contributed by atoms with E-state index < -0.39 is 5.95 Å². The zero-order valence-electron chi connectivity index (χ0n) is 7.03. The third-order valence-corrected chi connectivity index (χ3v) is 3.08. The molecule has 70 valence electrons. The van der Waals surface area contributed by atoms with E-state index in [2.05, 4.69) is 15.3 Å². The van der Waals surface area contributed by atoms with Gasteiger partial charge in [-0.3, -0.25) is 0 Å². The van der Waals surface area contributed by atoms with Gasteiger partial charge in [-0.1, -0.05) is 0 Å². The molecule has 1 unspecified atom stereocenters. The molecule has 1 atom stereocenters. The first-order valence-electron chi connectivity index (χ1n) is 4.16. The number of nitrogens with zero attached hydrogens (tertiary/aromatic N) is 2. The number of thioether (sulfide) groups is 1. The highest BCUT2D eigenvalue weighted by atomic mass is 32.2. The second kappa shape index (κ2) is 3.91. The lowest BCUT2D eigenvalue weighted by Gasteiger charge is -2.10. The minimum absolute atomic E-state index is 0.430. The third kappa shape index (κ3) is 2.30. The van der Waals surface area contributed by atoms with Crippen LogP contribution in [0.1, 0.15) is 6.42 Å². The fourth-order valence-electron chi connectivity index (χ4n) is 1.27. The molecule has 0 aromatic carbocycles. The zero-order valence-corrected chi connectivity index (χ0v) is 7.85. The van der Waals surface area contributed by atoms with Gasteiger partial charge in [-0.15, -0.1) is 0 Å². The Labute approximate surface area is 80.2 Å². The van der Waals surface area contributed by atoms with E-state index in [0.717, 1.165) is 12.2 Å². The molecule has 0 saturated carbocycles. The van der Waals surface area contributed by atoms with Gasteiger partial charge in [0, 0.05) is 17.9 Å². The number of aromatic nitrogens is 2. The molecule has 5 heteroatoms.